The first-order chi connectivity index (χ1) is 9.65. The van der Waals surface area contributed by atoms with Gasteiger partial charge in [-0.1, -0.05) is 0 Å². The van der Waals surface area contributed by atoms with Crippen LogP contribution in [0.15, 0.2) is 36.7 Å². The normalized spacial score (nSPS) is 10.7. The lowest BCUT2D eigenvalue weighted by atomic mass is 10.2. The van der Waals surface area contributed by atoms with Gasteiger partial charge in [-0.15, -0.1) is 10.2 Å². The van der Waals surface area contributed by atoms with E-state index in [2.05, 4.69) is 20.5 Å². The van der Waals surface area contributed by atoms with Crippen molar-refractivity contribution in [2.45, 2.75) is 6.92 Å². The number of hydrogen-bond acceptors (Lipinski definition) is 5. The highest BCUT2D eigenvalue weighted by molar-refractivity contribution is 5.88. The molecule has 1 aromatic carbocycles. The van der Waals surface area contributed by atoms with Crippen molar-refractivity contribution in [1.29, 1.82) is 0 Å². The van der Waals surface area contributed by atoms with E-state index in [-0.39, 0.29) is 5.56 Å². The first kappa shape index (κ1) is 12.1. The van der Waals surface area contributed by atoms with E-state index in [4.69, 9.17) is 5.11 Å². The molecule has 0 radical (unpaired) electrons. The third-order valence-electron chi connectivity index (χ3n) is 2.89. The Labute approximate surface area is 113 Å². The molecule has 0 unspecified atom stereocenters. The number of carbonyl (C=O) groups is 1. The minimum Gasteiger partial charge on any atom is -0.478 e. The first-order valence-electron chi connectivity index (χ1n) is 5.92. The van der Waals surface area contributed by atoms with E-state index in [0.717, 1.165) is 11.5 Å². The van der Waals surface area contributed by atoms with E-state index in [9.17, 15) is 4.79 Å². The van der Waals surface area contributed by atoms with Crippen LogP contribution in [0.5, 0.6) is 0 Å². The molecule has 0 atom stereocenters. The molecule has 100 valence electrons. The van der Waals surface area contributed by atoms with Crippen LogP contribution in [0.1, 0.15) is 16.2 Å². The molecular formula is C13H11N5O2. The molecule has 20 heavy (non-hydrogen) atoms. The van der Waals surface area contributed by atoms with Crippen molar-refractivity contribution < 1.29 is 9.90 Å². The summed E-state index contributed by atoms with van der Waals surface area (Å²) in [5.74, 6) is 0.382. The number of rotatable bonds is 3. The van der Waals surface area contributed by atoms with Crippen LogP contribution in [0.4, 0.5) is 11.5 Å². The number of carboxylic acid groups (broad SMARTS) is 1. The minimum absolute atomic E-state index is 0.236. The summed E-state index contributed by atoms with van der Waals surface area (Å²) in [6.45, 7) is 1.85. The molecule has 0 spiro atoms. The first-order valence-corrected chi connectivity index (χ1v) is 5.92. The molecule has 0 bridgehead atoms. The zero-order valence-corrected chi connectivity index (χ0v) is 10.6. The van der Waals surface area contributed by atoms with Gasteiger partial charge in [0.1, 0.15) is 5.82 Å². The van der Waals surface area contributed by atoms with Gasteiger partial charge in [0.15, 0.2) is 5.82 Å². The second kappa shape index (κ2) is 4.61. The Kier molecular flexibility index (Phi) is 2.79. The Morgan fingerprint density at radius 1 is 1.25 bits per heavy atom. The number of hydrogen-bond donors (Lipinski definition) is 2. The Morgan fingerprint density at radius 2 is 2.00 bits per heavy atom. The van der Waals surface area contributed by atoms with Crippen molar-refractivity contribution in [3.8, 4) is 0 Å². The zero-order valence-electron chi connectivity index (χ0n) is 10.6. The van der Waals surface area contributed by atoms with Crippen molar-refractivity contribution in [2.75, 3.05) is 5.32 Å². The second-order valence-electron chi connectivity index (χ2n) is 4.22. The fourth-order valence-electron chi connectivity index (χ4n) is 1.86. The maximum absolute atomic E-state index is 10.8. The third-order valence-corrected chi connectivity index (χ3v) is 2.89. The molecule has 2 aromatic heterocycles. The fourth-order valence-corrected chi connectivity index (χ4v) is 1.86. The van der Waals surface area contributed by atoms with Crippen LogP contribution in [0, 0.1) is 6.92 Å². The highest BCUT2D eigenvalue weighted by Crippen LogP contribution is 2.19. The lowest BCUT2D eigenvalue weighted by molar-refractivity contribution is 0.0697. The summed E-state index contributed by atoms with van der Waals surface area (Å²) >= 11 is 0. The molecule has 0 amide bonds. The number of aromatic nitrogens is 4. The van der Waals surface area contributed by atoms with Crippen LogP contribution in [-0.2, 0) is 0 Å². The summed E-state index contributed by atoms with van der Waals surface area (Å²) in [6, 6.07) is 6.41. The second-order valence-corrected chi connectivity index (χ2v) is 4.22. The third kappa shape index (κ3) is 2.05. The van der Waals surface area contributed by atoms with Crippen molar-refractivity contribution in [2.24, 2.45) is 0 Å². The summed E-state index contributed by atoms with van der Waals surface area (Å²) < 4.78 is 1.82. The van der Waals surface area contributed by atoms with Crippen molar-refractivity contribution >= 4 is 23.1 Å². The average molecular weight is 269 g/mol. The number of anilines is 2. The molecular weight excluding hydrogens is 258 g/mol. The predicted molar refractivity (Wildman–Crippen MR) is 72.2 cm³/mol. The van der Waals surface area contributed by atoms with Gasteiger partial charge in [-0.25, -0.2) is 9.78 Å². The molecule has 0 fully saturated rings. The molecule has 2 heterocycles. The van der Waals surface area contributed by atoms with Gasteiger partial charge in [-0.2, -0.15) is 0 Å². The maximum Gasteiger partial charge on any atom is 0.335 e. The van der Waals surface area contributed by atoms with Gasteiger partial charge in [0.05, 0.1) is 5.56 Å². The van der Waals surface area contributed by atoms with E-state index in [0.29, 0.717) is 11.5 Å². The van der Waals surface area contributed by atoms with Crippen LogP contribution in [0.3, 0.4) is 0 Å². The van der Waals surface area contributed by atoms with Gasteiger partial charge in [-0.3, -0.25) is 4.40 Å². The monoisotopic (exact) mass is 269 g/mol. The molecule has 7 heteroatoms. The van der Waals surface area contributed by atoms with Gasteiger partial charge in [0, 0.05) is 18.1 Å². The van der Waals surface area contributed by atoms with Gasteiger partial charge >= 0.3 is 5.97 Å². The fraction of sp³-hybridized carbons (Fsp3) is 0.0769. The number of carboxylic acids is 1. The molecule has 3 rings (SSSR count). The SMILES string of the molecule is Cc1nnc2c(Nc3ccc(C(=O)O)cc3)nccn12. The molecule has 0 saturated heterocycles. The predicted octanol–water partition coefficient (Wildman–Crippen LogP) is 1.87. The average Bonchev–Trinajstić information content (AvgIpc) is 2.82. The summed E-state index contributed by atoms with van der Waals surface area (Å²) in [4.78, 5) is 15.0. The molecule has 2 N–H and O–H groups in total. The van der Waals surface area contributed by atoms with Gasteiger partial charge in [0.2, 0.25) is 5.65 Å². The van der Waals surface area contributed by atoms with Crippen LogP contribution < -0.4 is 5.32 Å². The van der Waals surface area contributed by atoms with Crippen LogP contribution in [0.25, 0.3) is 5.65 Å². The summed E-state index contributed by atoms with van der Waals surface area (Å²) in [7, 11) is 0. The topological polar surface area (TPSA) is 92.4 Å². The summed E-state index contributed by atoms with van der Waals surface area (Å²) in [5.41, 5.74) is 1.59. The van der Waals surface area contributed by atoms with E-state index in [1.165, 1.54) is 12.1 Å². The maximum atomic E-state index is 10.8. The highest BCUT2D eigenvalue weighted by atomic mass is 16.4. The number of aryl methyl sites for hydroxylation is 1. The van der Waals surface area contributed by atoms with E-state index in [1.54, 1.807) is 24.5 Å². The van der Waals surface area contributed by atoms with Crippen molar-refractivity contribution in [3.63, 3.8) is 0 Å². The molecule has 7 nitrogen and oxygen atoms in total. The van der Waals surface area contributed by atoms with Gasteiger partial charge < -0.3 is 10.4 Å². The lowest BCUT2D eigenvalue weighted by Crippen LogP contribution is -2.00. The summed E-state index contributed by atoms with van der Waals surface area (Å²) in [5, 5.41) is 20.0. The molecule has 0 saturated carbocycles. The van der Waals surface area contributed by atoms with Crippen LogP contribution in [0.2, 0.25) is 0 Å². The number of fused-ring (bicyclic) bond motifs is 1. The van der Waals surface area contributed by atoms with E-state index < -0.39 is 5.97 Å². The Hall–Kier alpha value is -2.96. The molecule has 3 aromatic rings. The van der Waals surface area contributed by atoms with Crippen LogP contribution >= 0.6 is 0 Å². The van der Waals surface area contributed by atoms with Crippen molar-refractivity contribution in [3.05, 3.63) is 48.0 Å². The Balaban J connectivity index is 1.95. The van der Waals surface area contributed by atoms with Crippen LogP contribution in [-0.4, -0.2) is 30.7 Å². The Morgan fingerprint density at radius 3 is 2.70 bits per heavy atom. The van der Waals surface area contributed by atoms with Crippen molar-refractivity contribution in [1.82, 2.24) is 19.6 Å². The lowest BCUT2D eigenvalue weighted by Gasteiger charge is -2.06. The zero-order chi connectivity index (χ0) is 14.1. The quantitative estimate of drug-likeness (QED) is 0.754. The largest absolute Gasteiger partial charge is 0.478 e. The van der Waals surface area contributed by atoms with E-state index >= 15 is 0 Å². The van der Waals surface area contributed by atoms with E-state index in [1.807, 2.05) is 11.3 Å². The number of benzene rings is 1. The van der Waals surface area contributed by atoms with Gasteiger partial charge in [-0.05, 0) is 31.2 Å². The van der Waals surface area contributed by atoms with Gasteiger partial charge in [0.25, 0.3) is 0 Å². The minimum atomic E-state index is -0.954. The molecule has 0 aliphatic carbocycles. The standard InChI is InChI=1S/C13H11N5O2/c1-8-16-17-12-11(14-6-7-18(8)12)15-10-4-2-9(3-5-10)13(19)20/h2-7H,1H3,(H,14,15)(H,19,20). The molecule has 0 aliphatic heterocycles. The number of nitrogens with one attached hydrogen (secondary N) is 1. The number of aromatic carboxylic acids is 1. The highest BCUT2D eigenvalue weighted by Gasteiger charge is 2.08. The smallest absolute Gasteiger partial charge is 0.335 e. The summed E-state index contributed by atoms with van der Waals surface area (Å²) in [6.07, 6.45) is 3.43. The molecule has 0 aliphatic rings. The number of nitrogens with zero attached hydrogens (tertiary/aromatic N) is 4. The Bertz CT molecular complexity index is 779.